The van der Waals surface area contributed by atoms with Gasteiger partial charge < -0.3 is 5.73 Å². The predicted octanol–water partition coefficient (Wildman–Crippen LogP) is 6.89. The molecule has 1 rings (SSSR count). The van der Waals surface area contributed by atoms with Crippen LogP contribution in [0.25, 0.3) is 0 Å². The van der Waals surface area contributed by atoms with Crippen molar-refractivity contribution < 1.29 is 21.6 Å². The third-order valence-corrected chi connectivity index (χ3v) is 14.5. The fraction of sp³-hybridized carbons (Fsp3) is 0.619. The largest absolute Gasteiger partial charge is 0.498 e. The topological polar surface area (TPSA) is 60.2 Å². The molecular weight excluding hydrogens is 486 g/mol. The van der Waals surface area contributed by atoms with Crippen molar-refractivity contribution in [2.24, 2.45) is 5.73 Å². The maximum atomic E-state index is 13.4. The molecule has 0 amide bonds. The molecule has 1 atom stereocenters. The summed E-state index contributed by atoms with van der Waals surface area (Å²) in [7, 11) is -7.83. The van der Waals surface area contributed by atoms with E-state index in [1.807, 2.05) is 0 Å². The SMILES string of the molecule is CC(C)[Si](C#Cc1cc(Cl)cc(Cl)c1C(CCN)S(=O)(=O)C(F)(F)F)(C(C)C)C(C)C. The summed E-state index contributed by atoms with van der Waals surface area (Å²) in [6, 6.07) is 2.61. The summed E-state index contributed by atoms with van der Waals surface area (Å²) in [6.07, 6.45) is -0.445. The number of alkyl halides is 3. The Labute approximate surface area is 194 Å². The molecule has 1 unspecified atom stereocenters. The highest BCUT2D eigenvalue weighted by atomic mass is 35.5. The summed E-state index contributed by atoms with van der Waals surface area (Å²) in [6.45, 7) is 12.3. The highest BCUT2D eigenvalue weighted by Gasteiger charge is 2.51. The molecule has 0 radical (unpaired) electrons. The molecule has 0 heterocycles. The average molecular weight is 517 g/mol. The first-order valence-electron chi connectivity index (χ1n) is 10.1. The molecule has 2 N–H and O–H groups in total. The second-order valence-corrected chi connectivity index (χ2v) is 17.1. The molecule has 0 spiro atoms. The summed E-state index contributed by atoms with van der Waals surface area (Å²) in [5, 5.41) is -1.96. The van der Waals surface area contributed by atoms with Gasteiger partial charge in [0, 0.05) is 21.2 Å². The lowest BCUT2D eigenvalue weighted by atomic mass is 10.0. The number of rotatable bonds is 7. The first-order valence-corrected chi connectivity index (χ1v) is 14.6. The van der Waals surface area contributed by atoms with Gasteiger partial charge in [-0.3, -0.25) is 0 Å². The van der Waals surface area contributed by atoms with Crippen LogP contribution >= 0.6 is 23.2 Å². The standard InChI is InChI=1S/C21H30Cl2F3NO2SSi/c1-13(2)31(14(3)4,15(5)6)10-8-16-11-17(22)12-18(23)20(16)19(7-9-27)30(28,29)21(24,25)26/h11-15,19H,7,9,27H2,1-6H3. The third-order valence-electron chi connectivity index (χ3n) is 5.82. The van der Waals surface area contributed by atoms with Crippen molar-refractivity contribution in [2.45, 2.75) is 75.3 Å². The van der Waals surface area contributed by atoms with Gasteiger partial charge in [0.2, 0.25) is 0 Å². The molecule has 0 aliphatic carbocycles. The number of sulfone groups is 1. The minimum atomic E-state index is -5.58. The van der Waals surface area contributed by atoms with Crippen LogP contribution in [-0.2, 0) is 9.84 Å². The molecule has 0 saturated carbocycles. The number of benzene rings is 1. The highest BCUT2D eigenvalue weighted by molar-refractivity contribution is 7.92. The summed E-state index contributed by atoms with van der Waals surface area (Å²) < 4.78 is 64.9. The molecule has 0 fully saturated rings. The van der Waals surface area contributed by atoms with Gasteiger partial charge in [-0.1, -0.05) is 70.7 Å². The minimum absolute atomic E-state index is 0.0996. The van der Waals surface area contributed by atoms with E-state index in [2.05, 4.69) is 53.0 Å². The zero-order valence-corrected chi connectivity index (χ0v) is 21.9. The van der Waals surface area contributed by atoms with E-state index in [4.69, 9.17) is 28.9 Å². The van der Waals surface area contributed by atoms with Gasteiger partial charge in [-0.05, 0) is 41.7 Å². The Bertz CT molecular complexity index is 930. The molecular formula is C21H30Cl2F3NO2SSi. The van der Waals surface area contributed by atoms with Gasteiger partial charge >= 0.3 is 5.51 Å². The Kier molecular flexibility index (Phi) is 9.56. The van der Waals surface area contributed by atoms with E-state index < -0.39 is 35.1 Å². The molecule has 3 nitrogen and oxygen atoms in total. The van der Waals surface area contributed by atoms with Gasteiger partial charge in [0.25, 0.3) is 9.84 Å². The highest BCUT2D eigenvalue weighted by Crippen LogP contribution is 2.43. The molecule has 1 aromatic rings. The molecule has 31 heavy (non-hydrogen) atoms. The smallest absolute Gasteiger partial charge is 0.330 e. The summed E-state index contributed by atoms with van der Waals surface area (Å²) in [5.74, 6) is 3.01. The lowest BCUT2D eigenvalue weighted by Crippen LogP contribution is -2.43. The van der Waals surface area contributed by atoms with Gasteiger partial charge in [-0.15, -0.1) is 5.54 Å². The first-order chi connectivity index (χ1) is 14.0. The van der Waals surface area contributed by atoms with E-state index in [1.165, 1.54) is 12.1 Å². The summed E-state index contributed by atoms with van der Waals surface area (Å²) >= 11 is 12.4. The molecule has 0 aromatic heterocycles. The monoisotopic (exact) mass is 515 g/mol. The van der Waals surface area contributed by atoms with Crippen LogP contribution < -0.4 is 5.73 Å². The third kappa shape index (κ3) is 5.80. The maximum Gasteiger partial charge on any atom is 0.498 e. The molecule has 0 aliphatic rings. The number of halogens is 5. The van der Waals surface area contributed by atoms with Crippen LogP contribution in [0.1, 0.15) is 64.3 Å². The van der Waals surface area contributed by atoms with Gasteiger partial charge in [0.05, 0.1) is 5.25 Å². The van der Waals surface area contributed by atoms with Crippen LogP contribution in [-0.4, -0.2) is 28.5 Å². The molecule has 10 heteroatoms. The zero-order chi connectivity index (χ0) is 24.4. The van der Waals surface area contributed by atoms with E-state index in [0.29, 0.717) is 0 Å². The first kappa shape index (κ1) is 28.3. The fourth-order valence-corrected chi connectivity index (χ4v) is 11.6. The molecule has 0 aliphatic heterocycles. The van der Waals surface area contributed by atoms with Crippen LogP contribution in [0.4, 0.5) is 13.2 Å². The quantitative estimate of drug-likeness (QED) is 0.317. The van der Waals surface area contributed by atoms with Crippen LogP contribution in [0.3, 0.4) is 0 Å². The van der Waals surface area contributed by atoms with Crippen molar-refractivity contribution in [1.29, 1.82) is 0 Å². The summed E-state index contributed by atoms with van der Waals surface area (Å²) in [5.41, 5.74) is 4.14. The van der Waals surface area contributed by atoms with Crippen molar-refractivity contribution in [3.05, 3.63) is 33.3 Å². The van der Waals surface area contributed by atoms with Crippen molar-refractivity contribution in [3.63, 3.8) is 0 Å². The number of hydrogen-bond donors (Lipinski definition) is 1. The Balaban J connectivity index is 3.92. The van der Waals surface area contributed by atoms with Crippen molar-refractivity contribution >= 4 is 41.1 Å². The van der Waals surface area contributed by atoms with E-state index in [-0.39, 0.29) is 44.3 Å². The lowest BCUT2D eigenvalue weighted by molar-refractivity contribution is -0.0446. The zero-order valence-electron chi connectivity index (χ0n) is 18.6. The Hall–Kier alpha value is -0.723. The minimum Gasteiger partial charge on any atom is -0.330 e. The number of nitrogens with two attached hydrogens (primary N) is 1. The fourth-order valence-electron chi connectivity index (χ4n) is 4.39. The second kappa shape index (κ2) is 10.5. The van der Waals surface area contributed by atoms with Gasteiger partial charge in [0.15, 0.2) is 0 Å². The van der Waals surface area contributed by atoms with E-state index >= 15 is 0 Å². The van der Waals surface area contributed by atoms with Crippen molar-refractivity contribution in [1.82, 2.24) is 0 Å². The lowest BCUT2D eigenvalue weighted by Gasteiger charge is -2.38. The summed E-state index contributed by atoms with van der Waals surface area (Å²) in [4.78, 5) is 0. The van der Waals surface area contributed by atoms with E-state index in [9.17, 15) is 21.6 Å². The number of hydrogen-bond acceptors (Lipinski definition) is 3. The van der Waals surface area contributed by atoms with Gasteiger partial charge in [0.1, 0.15) is 8.07 Å². The Morgan fingerprint density at radius 2 is 1.52 bits per heavy atom. The van der Waals surface area contributed by atoms with E-state index in [1.54, 1.807) is 0 Å². The van der Waals surface area contributed by atoms with Crippen molar-refractivity contribution in [2.75, 3.05) is 6.54 Å². The molecule has 0 saturated heterocycles. The second-order valence-electron chi connectivity index (χ2n) is 8.55. The predicted molar refractivity (Wildman–Crippen MR) is 126 cm³/mol. The molecule has 1 aromatic carbocycles. The molecule has 0 bridgehead atoms. The normalized spacial score (nSPS) is 14.2. The van der Waals surface area contributed by atoms with Crippen LogP contribution in [0.5, 0.6) is 0 Å². The maximum absolute atomic E-state index is 13.4. The van der Waals surface area contributed by atoms with Crippen LogP contribution in [0.2, 0.25) is 26.7 Å². The van der Waals surface area contributed by atoms with E-state index in [0.717, 1.165) is 0 Å². The molecule has 176 valence electrons. The van der Waals surface area contributed by atoms with Crippen LogP contribution in [0.15, 0.2) is 12.1 Å². The van der Waals surface area contributed by atoms with Gasteiger partial charge in [-0.2, -0.15) is 13.2 Å². The van der Waals surface area contributed by atoms with Crippen molar-refractivity contribution in [3.8, 4) is 11.5 Å². The van der Waals surface area contributed by atoms with Crippen LogP contribution in [0, 0.1) is 11.5 Å². The van der Waals surface area contributed by atoms with Gasteiger partial charge in [-0.25, -0.2) is 8.42 Å². The average Bonchev–Trinajstić information content (AvgIpc) is 2.58. The Morgan fingerprint density at radius 1 is 1.03 bits per heavy atom. The Morgan fingerprint density at radius 3 is 1.90 bits per heavy atom.